The zero-order valence-corrected chi connectivity index (χ0v) is 25.9. The van der Waals surface area contributed by atoms with Crippen LogP contribution in [0.2, 0.25) is 0 Å². The van der Waals surface area contributed by atoms with Crippen molar-refractivity contribution in [3.05, 3.63) is 169 Å². The maximum Gasteiger partial charge on any atom is 0.0991 e. The number of fused-ring (bicyclic) bond motifs is 6. The quantitative estimate of drug-likeness (QED) is 0.198. The van der Waals surface area contributed by atoms with Crippen LogP contribution in [-0.4, -0.2) is 9.13 Å². The molecule has 2 aromatic heterocycles. The number of nitriles is 1. The highest BCUT2D eigenvalue weighted by atomic mass is 15.0. The lowest BCUT2D eigenvalue weighted by molar-refractivity contribution is 1.18. The van der Waals surface area contributed by atoms with E-state index in [9.17, 15) is 5.26 Å². The van der Waals surface area contributed by atoms with Crippen LogP contribution in [0.3, 0.4) is 0 Å². The monoisotopic (exact) mass is 599 g/mol. The van der Waals surface area contributed by atoms with Crippen molar-refractivity contribution in [2.75, 3.05) is 0 Å². The lowest BCUT2D eigenvalue weighted by Crippen LogP contribution is -1.98. The highest BCUT2D eigenvalue weighted by Gasteiger charge is 2.21. The van der Waals surface area contributed by atoms with E-state index in [1.807, 2.05) is 12.1 Å². The Hall–Kier alpha value is -6.37. The van der Waals surface area contributed by atoms with Gasteiger partial charge in [-0.25, -0.2) is 0 Å². The van der Waals surface area contributed by atoms with E-state index in [1.54, 1.807) is 0 Å². The summed E-state index contributed by atoms with van der Waals surface area (Å²) in [5.74, 6) is 0. The number of aryl methyl sites for hydroxylation is 1. The highest BCUT2D eigenvalue weighted by Crippen LogP contribution is 2.44. The van der Waals surface area contributed by atoms with Crippen molar-refractivity contribution in [1.29, 1.82) is 5.26 Å². The van der Waals surface area contributed by atoms with Gasteiger partial charge in [-0.2, -0.15) is 5.26 Å². The van der Waals surface area contributed by atoms with Gasteiger partial charge in [-0.15, -0.1) is 0 Å². The average Bonchev–Trinajstić information content (AvgIpc) is 3.65. The minimum atomic E-state index is 0.651. The van der Waals surface area contributed by atoms with Gasteiger partial charge < -0.3 is 9.13 Å². The van der Waals surface area contributed by atoms with Gasteiger partial charge in [0.05, 0.1) is 33.7 Å². The predicted octanol–water partition coefficient (Wildman–Crippen LogP) is 11.4. The van der Waals surface area contributed by atoms with Gasteiger partial charge >= 0.3 is 0 Å². The summed E-state index contributed by atoms with van der Waals surface area (Å²) in [5.41, 5.74) is 13.4. The van der Waals surface area contributed by atoms with Crippen LogP contribution < -0.4 is 0 Å². The second-order valence-electron chi connectivity index (χ2n) is 12.2. The number of hydrogen-bond donors (Lipinski definition) is 0. The molecule has 9 aromatic rings. The van der Waals surface area contributed by atoms with Crippen LogP contribution in [-0.2, 0) is 0 Å². The molecule has 0 bridgehead atoms. The van der Waals surface area contributed by atoms with E-state index < -0.39 is 0 Å². The Morgan fingerprint density at radius 2 is 0.936 bits per heavy atom. The van der Waals surface area contributed by atoms with Crippen LogP contribution in [0.4, 0.5) is 0 Å². The van der Waals surface area contributed by atoms with Gasteiger partial charge in [-0.3, -0.25) is 0 Å². The Bertz CT molecular complexity index is 2680. The van der Waals surface area contributed by atoms with Gasteiger partial charge in [0.2, 0.25) is 0 Å². The lowest BCUT2D eigenvalue weighted by atomic mass is 9.92. The maximum atomic E-state index is 9.52. The van der Waals surface area contributed by atoms with Gasteiger partial charge in [-0.1, -0.05) is 109 Å². The molecule has 0 atom stereocenters. The molecule has 3 nitrogen and oxygen atoms in total. The molecule has 7 aromatic carbocycles. The zero-order valence-electron chi connectivity index (χ0n) is 25.9. The molecule has 0 saturated carbocycles. The molecule has 0 aliphatic carbocycles. The van der Waals surface area contributed by atoms with Crippen molar-refractivity contribution in [2.45, 2.75) is 6.92 Å². The Kier molecular flexibility index (Phi) is 6.10. The van der Waals surface area contributed by atoms with Gasteiger partial charge in [0.1, 0.15) is 0 Å². The summed E-state index contributed by atoms with van der Waals surface area (Å²) in [6.07, 6.45) is 0. The molecule has 0 aliphatic heterocycles. The van der Waals surface area contributed by atoms with E-state index in [-0.39, 0.29) is 0 Å². The van der Waals surface area contributed by atoms with Crippen molar-refractivity contribution < 1.29 is 0 Å². The fraction of sp³-hybridized carbons (Fsp3) is 0.0227. The Balaban J connectivity index is 1.39. The second kappa shape index (κ2) is 10.6. The molecule has 0 spiro atoms. The first-order valence-electron chi connectivity index (χ1n) is 15.9. The van der Waals surface area contributed by atoms with Crippen molar-refractivity contribution in [3.8, 4) is 39.7 Å². The van der Waals surface area contributed by atoms with Gasteiger partial charge in [0, 0.05) is 44.0 Å². The first kappa shape index (κ1) is 27.0. The Labute approximate surface area is 272 Å². The van der Waals surface area contributed by atoms with E-state index in [1.165, 1.54) is 54.8 Å². The van der Waals surface area contributed by atoms with E-state index in [2.05, 4.69) is 168 Å². The lowest BCUT2D eigenvalue weighted by Gasteiger charge is -2.17. The molecule has 0 unspecified atom stereocenters. The molecular weight excluding hydrogens is 571 g/mol. The summed E-state index contributed by atoms with van der Waals surface area (Å²) < 4.78 is 4.77. The second-order valence-corrected chi connectivity index (χ2v) is 12.2. The third-order valence-corrected chi connectivity index (χ3v) is 9.41. The van der Waals surface area contributed by atoms with Crippen molar-refractivity contribution in [1.82, 2.24) is 9.13 Å². The van der Waals surface area contributed by atoms with E-state index >= 15 is 0 Å². The normalized spacial score (nSPS) is 11.5. The standard InChI is InChI=1S/C44H29N3/c1-29-21-26-42-40(27-29)39-19-10-17-37(44(39)47(42)32-24-22-30(28-45)23-25-32)34-14-6-5-13-33(34)36-16-9-18-38-35-15-7-8-20-41(35)46(43(36)38)31-11-3-2-4-12-31/h2-27H,1H3. The topological polar surface area (TPSA) is 33.6 Å². The van der Waals surface area contributed by atoms with Crippen molar-refractivity contribution in [2.24, 2.45) is 0 Å². The van der Waals surface area contributed by atoms with Crippen LogP contribution >= 0.6 is 0 Å². The molecule has 9 rings (SSSR count). The van der Waals surface area contributed by atoms with Crippen molar-refractivity contribution in [3.63, 3.8) is 0 Å². The summed E-state index contributed by atoms with van der Waals surface area (Å²) in [7, 11) is 0. The average molecular weight is 600 g/mol. The molecule has 47 heavy (non-hydrogen) atoms. The molecule has 0 saturated heterocycles. The van der Waals surface area contributed by atoms with Crippen LogP contribution in [0.25, 0.3) is 77.2 Å². The molecule has 0 fully saturated rings. The fourth-order valence-corrected chi connectivity index (χ4v) is 7.39. The van der Waals surface area contributed by atoms with Crippen LogP contribution in [0.1, 0.15) is 11.1 Å². The van der Waals surface area contributed by atoms with Crippen LogP contribution in [0, 0.1) is 18.3 Å². The summed E-state index contributed by atoms with van der Waals surface area (Å²) >= 11 is 0. The first-order valence-corrected chi connectivity index (χ1v) is 15.9. The molecule has 0 N–H and O–H groups in total. The molecule has 0 radical (unpaired) electrons. The number of aromatic nitrogens is 2. The summed E-state index contributed by atoms with van der Waals surface area (Å²) in [6.45, 7) is 2.15. The fourth-order valence-electron chi connectivity index (χ4n) is 7.39. The van der Waals surface area contributed by atoms with Gasteiger partial charge in [0.15, 0.2) is 0 Å². The van der Waals surface area contributed by atoms with E-state index in [0.717, 1.165) is 28.0 Å². The summed E-state index contributed by atoms with van der Waals surface area (Å²) in [4.78, 5) is 0. The summed E-state index contributed by atoms with van der Waals surface area (Å²) in [6, 6.07) is 58.4. The molecule has 3 heteroatoms. The maximum absolute atomic E-state index is 9.52. The van der Waals surface area contributed by atoms with Crippen molar-refractivity contribution >= 4 is 43.6 Å². The third-order valence-electron chi connectivity index (χ3n) is 9.41. The predicted molar refractivity (Wildman–Crippen MR) is 195 cm³/mol. The molecule has 0 amide bonds. The van der Waals surface area contributed by atoms with E-state index in [4.69, 9.17) is 0 Å². The molecule has 2 heterocycles. The minimum Gasteiger partial charge on any atom is -0.309 e. The SMILES string of the molecule is Cc1ccc2c(c1)c1cccc(-c3ccccc3-c3cccc4c5ccccc5n(-c5ccccc5)c34)c1n2-c1ccc(C#N)cc1. The minimum absolute atomic E-state index is 0.651. The van der Waals surface area contributed by atoms with Gasteiger partial charge in [-0.05, 0) is 72.6 Å². The van der Waals surface area contributed by atoms with Gasteiger partial charge in [0.25, 0.3) is 0 Å². The van der Waals surface area contributed by atoms with Crippen LogP contribution in [0.15, 0.2) is 158 Å². The Morgan fingerprint density at radius 1 is 0.426 bits per heavy atom. The largest absolute Gasteiger partial charge is 0.309 e. The first-order chi connectivity index (χ1) is 23.2. The van der Waals surface area contributed by atoms with Crippen LogP contribution in [0.5, 0.6) is 0 Å². The summed E-state index contributed by atoms with van der Waals surface area (Å²) in [5, 5.41) is 14.4. The molecular formula is C44H29N3. The molecule has 0 aliphatic rings. The smallest absolute Gasteiger partial charge is 0.0991 e. The third kappa shape index (κ3) is 4.13. The zero-order chi connectivity index (χ0) is 31.5. The number of benzene rings is 7. The molecule has 220 valence electrons. The highest BCUT2D eigenvalue weighted by molar-refractivity contribution is 6.17. The number of nitrogens with zero attached hydrogens (tertiary/aromatic N) is 3. The Morgan fingerprint density at radius 3 is 1.60 bits per heavy atom. The number of rotatable bonds is 4. The number of para-hydroxylation sites is 4. The number of hydrogen-bond acceptors (Lipinski definition) is 1. The van der Waals surface area contributed by atoms with E-state index in [0.29, 0.717) is 5.56 Å².